The van der Waals surface area contributed by atoms with E-state index >= 15 is 0 Å². The Hall–Kier alpha value is -2.06. The fourth-order valence-electron chi connectivity index (χ4n) is 1.45. The lowest BCUT2D eigenvalue weighted by atomic mass is 10.3. The number of ether oxygens (including phenoxy) is 1. The highest BCUT2D eigenvalue weighted by Crippen LogP contribution is 2.11. The van der Waals surface area contributed by atoms with E-state index in [2.05, 4.69) is 14.9 Å². The SMILES string of the molecule is COC(=O)[C@@H](C)n1cc(Cl)cn1.C[C@H](C(=O)O)n1cc(Cl)cn1. The van der Waals surface area contributed by atoms with E-state index in [4.69, 9.17) is 28.3 Å². The summed E-state index contributed by atoms with van der Waals surface area (Å²) in [5.41, 5.74) is 0. The molecule has 1 N–H and O–H groups in total. The van der Waals surface area contributed by atoms with E-state index in [0.29, 0.717) is 10.0 Å². The van der Waals surface area contributed by atoms with Gasteiger partial charge in [0.05, 0.1) is 29.5 Å². The Bertz CT molecular complexity index is 670. The van der Waals surface area contributed by atoms with Gasteiger partial charge in [-0.25, -0.2) is 9.59 Å². The molecule has 0 radical (unpaired) electrons. The van der Waals surface area contributed by atoms with Crippen molar-refractivity contribution in [3.63, 3.8) is 0 Å². The maximum atomic E-state index is 11.0. The number of esters is 1. The zero-order chi connectivity index (χ0) is 17.6. The number of hydrogen-bond donors (Lipinski definition) is 1. The predicted octanol–water partition coefficient (Wildman–Crippen LogP) is 2.45. The van der Waals surface area contributed by atoms with Gasteiger partial charge in [0.1, 0.15) is 12.1 Å². The molecule has 0 bridgehead atoms. The van der Waals surface area contributed by atoms with Gasteiger partial charge in [-0.1, -0.05) is 23.2 Å². The van der Waals surface area contributed by atoms with E-state index in [-0.39, 0.29) is 5.97 Å². The molecule has 0 unspecified atom stereocenters. The van der Waals surface area contributed by atoms with Crippen LogP contribution >= 0.6 is 23.2 Å². The molecule has 2 aromatic heterocycles. The molecule has 0 fully saturated rings. The third-order valence-electron chi connectivity index (χ3n) is 2.83. The average molecular weight is 363 g/mol. The molecule has 126 valence electrons. The first-order chi connectivity index (χ1) is 10.8. The smallest absolute Gasteiger partial charge is 0.330 e. The summed E-state index contributed by atoms with van der Waals surface area (Å²) in [6.07, 6.45) is 5.92. The number of rotatable bonds is 4. The Morgan fingerprint density at radius 1 is 1.09 bits per heavy atom. The molecule has 0 aromatic carbocycles. The summed E-state index contributed by atoms with van der Waals surface area (Å²) in [6.45, 7) is 3.22. The fourth-order valence-corrected chi connectivity index (χ4v) is 1.73. The van der Waals surface area contributed by atoms with Crippen LogP contribution in [0.2, 0.25) is 10.0 Å². The van der Waals surface area contributed by atoms with Crippen molar-refractivity contribution in [2.24, 2.45) is 0 Å². The van der Waals surface area contributed by atoms with Crippen molar-refractivity contribution in [3.05, 3.63) is 34.8 Å². The van der Waals surface area contributed by atoms with Gasteiger partial charge in [-0.05, 0) is 13.8 Å². The number of nitrogens with zero attached hydrogens (tertiary/aromatic N) is 4. The van der Waals surface area contributed by atoms with Crippen molar-refractivity contribution >= 4 is 35.1 Å². The van der Waals surface area contributed by atoms with E-state index in [1.165, 1.54) is 42.0 Å². The van der Waals surface area contributed by atoms with E-state index in [1.54, 1.807) is 13.1 Å². The summed E-state index contributed by atoms with van der Waals surface area (Å²) in [4.78, 5) is 21.4. The molecule has 2 heterocycles. The molecule has 2 aromatic rings. The maximum Gasteiger partial charge on any atom is 0.330 e. The van der Waals surface area contributed by atoms with Crippen molar-refractivity contribution in [1.29, 1.82) is 0 Å². The zero-order valence-electron chi connectivity index (χ0n) is 12.7. The number of aromatic nitrogens is 4. The van der Waals surface area contributed by atoms with Crippen LogP contribution in [0.1, 0.15) is 25.9 Å². The van der Waals surface area contributed by atoms with E-state index in [0.717, 1.165) is 0 Å². The third-order valence-corrected chi connectivity index (χ3v) is 3.22. The van der Waals surface area contributed by atoms with Crippen LogP contribution in [0, 0.1) is 0 Å². The lowest BCUT2D eigenvalue weighted by Gasteiger charge is -2.08. The number of carboxylic acids is 1. The standard InChI is InChI=1S/C7H9ClN2O2.C6H7ClN2O2/c1-5(7(11)12-2)10-4-6(8)3-9-10;1-4(6(10)11)9-3-5(7)2-8-9/h3-5H,1-2H3;2-4H,1H3,(H,10,11)/t5-;4-/m11/s1. The number of carbonyl (C=O) groups is 2. The Labute approximate surface area is 142 Å². The summed E-state index contributed by atoms with van der Waals surface area (Å²) in [5, 5.41) is 17.1. The first kappa shape index (κ1) is 19.0. The summed E-state index contributed by atoms with van der Waals surface area (Å²) < 4.78 is 7.28. The second-order valence-electron chi connectivity index (χ2n) is 4.49. The van der Waals surface area contributed by atoms with Crippen molar-refractivity contribution in [2.75, 3.05) is 7.11 Å². The molecule has 2 atom stereocenters. The van der Waals surface area contributed by atoms with E-state index in [1.807, 2.05) is 0 Å². The lowest BCUT2D eigenvalue weighted by Crippen LogP contribution is -2.17. The van der Waals surface area contributed by atoms with Crippen molar-refractivity contribution < 1.29 is 19.4 Å². The van der Waals surface area contributed by atoms with E-state index < -0.39 is 18.1 Å². The second kappa shape index (κ2) is 8.54. The first-order valence-electron chi connectivity index (χ1n) is 6.46. The monoisotopic (exact) mass is 362 g/mol. The summed E-state index contributed by atoms with van der Waals surface area (Å²) >= 11 is 11.1. The maximum absolute atomic E-state index is 11.0. The van der Waals surface area contributed by atoms with Crippen LogP contribution in [0.25, 0.3) is 0 Å². The van der Waals surface area contributed by atoms with Gasteiger partial charge in [0.25, 0.3) is 0 Å². The Kier molecular flexibility index (Phi) is 7.05. The second-order valence-corrected chi connectivity index (χ2v) is 5.36. The number of carbonyl (C=O) groups excluding carboxylic acids is 1. The molecule has 0 saturated carbocycles. The Morgan fingerprint density at radius 2 is 1.52 bits per heavy atom. The van der Waals surface area contributed by atoms with Gasteiger partial charge in [-0.2, -0.15) is 10.2 Å². The lowest BCUT2D eigenvalue weighted by molar-refractivity contribution is -0.144. The summed E-state index contributed by atoms with van der Waals surface area (Å²) in [5.74, 6) is -1.26. The van der Waals surface area contributed by atoms with E-state index in [9.17, 15) is 9.59 Å². The highest BCUT2D eigenvalue weighted by Gasteiger charge is 2.15. The van der Waals surface area contributed by atoms with Gasteiger partial charge in [0, 0.05) is 12.4 Å². The highest BCUT2D eigenvalue weighted by molar-refractivity contribution is 6.30. The van der Waals surface area contributed by atoms with Gasteiger partial charge in [0.2, 0.25) is 0 Å². The van der Waals surface area contributed by atoms with Crippen LogP contribution < -0.4 is 0 Å². The minimum atomic E-state index is -0.926. The van der Waals surface area contributed by atoms with Crippen LogP contribution in [0.5, 0.6) is 0 Å². The molecular formula is C13H16Cl2N4O4. The Balaban J connectivity index is 0.000000231. The number of methoxy groups -OCH3 is 1. The molecule has 0 spiro atoms. The molecule has 8 nitrogen and oxygen atoms in total. The normalized spacial score (nSPS) is 12.7. The van der Waals surface area contributed by atoms with Crippen molar-refractivity contribution in [3.8, 4) is 0 Å². The molecule has 0 aliphatic rings. The van der Waals surface area contributed by atoms with Gasteiger partial charge in [0.15, 0.2) is 0 Å². The topological polar surface area (TPSA) is 99.2 Å². The van der Waals surface area contributed by atoms with Crippen LogP contribution in [0.15, 0.2) is 24.8 Å². The quantitative estimate of drug-likeness (QED) is 0.838. The van der Waals surface area contributed by atoms with Gasteiger partial charge >= 0.3 is 11.9 Å². The highest BCUT2D eigenvalue weighted by atomic mass is 35.5. The minimum absolute atomic E-state index is 0.338. The number of halogens is 2. The van der Waals surface area contributed by atoms with Gasteiger partial charge in [-0.15, -0.1) is 0 Å². The molecule has 10 heteroatoms. The van der Waals surface area contributed by atoms with Gasteiger partial charge in [-0.3, -0.25) is 9.36 Å². The molecule has 0 aliphatic heterocycles. The molecule has 23 heavy (non-hydrogen) atoms. The fraction of sp³-hybridized carbons (Fsp3) is 0.385. The minimum Gasteiger partial charge on any atom is -0.480 e. The van der Waals surface area contributed by atoms with Crippen molar-refractivity contribution in [2.45, 2.75) is 25.9 Å². The van der Waals surface area contributed by atoms with Crippen LogP contribution in [-0.4, -0.2) is 43.7 Å². The molecule has 0 saturated heterocycles. The largest absolute Gasteiger partial charge is 0.480 e. The summed E-state index contributed by atoms with van der Waals surface area (Å²) in [7, 11) is 1.34. The van der Waals surface area contributed by atoms with Crippen LogP contribution in [-0.2, 0) is 14.3 Å². The zero-order valence-corrected chi connectivity index (χ0v) is 14.2. The van der Waals surface area contributed by atoms with Crippen LogP contribution in [0.3, 0.4) is 0 Å². The summed E-state index contributed by atoms with van der Waals surface area (Å²) in [6, 6.07) is -1.09. The first-order valence-corrected chi connectivity index (χ1v) is 7.21. The third kappa shape index (κ3) is 5.57. The average Bonchev–Trinajstić information content (AvgIpc) is 3.14. The number of hydrogen-bond acceptors (Lipinski definition) is 5. The Morgan fingerprint density at radius 3 is 1.83 bits per heavy atom. The molecule has 0 amide bonds. The van der Waals surface area contributed by atoms with Gasteiger partial charge < -0.3 is 9.84 Å². The predicted molar refractivity (Wildman–Crippen MR) is 83.5 cm³/mol. The number of carboxylic acid groups (broad SMARTS) is 1. The molecule has 2 rings (SSSR count). The molecular weight excluding hydrogens is 347 g/mol. The molecule has 0 aliphatic carbocycles. The van der Waals surface area contributed by atoms with Crippen molar-refractivity contribution in [1.82, 2.24) is 19.6 Å². The van der Waals surface area contributed by atoms with Crippen LogP contribution in [0.4, 0.5) is 0 Å². The number of aliphatic carboxylic acids is 1.